The molecule has 2 aliphatic rings. The lowest BCUT2D eigenvalue weighted by Gasteiger charge is -2.18. The van der Waals surface area contributed by atoms with Crippen molar-refractivity contribution in [2.45, 2.75) is 38.2 Å². The molecule has 0 aromatic heterocycles. The third-order valence-corrected chi connectivity index (χ3v) is 3.69. The second-order valence-corrected chi connectivity index (χ2v) is 4.98. The maximum Gasteiger partial charge on any atom is 0.239 e. The Labute approximate surface area is 101 Å². The third-order valence-electron chi connectivity index (χ3n) is 3.69. The quantitative estimate of drug-likeness (QED) is 0.720. The van der Waals surface area contributed by atoms with E-state index in [0.717, 1.165) is 25.7 Å². The molecule has 2 atom stereocenters. The molecule has 0 radical (unpaired) electrons. The molecule has 0 aromatic rings. The summed E-state index contributed by atoms with van der Waals surface area (Å²) in [5, 5.41) is 12.4. The predicted molar refractivity (Wildman–Crippen MR) is 62.2 cm³/mol. The second-order valence-electron chi connectivity index (χ2n) is 4.98. The summed E-state index contributed by atoms with van der Waals surface area (Å²) >= 11 is 0. The van der Waals surface area contributed by atoms with Gasteiger partial charge in [-0.05, 0) is 19.3 Å². The van der Waals surface area contributed by atoms with Crippen LogP contribution in [0.1, 0.15) is 32.1 Å². The summed E-state index contributed by atoms with van der Waals surface area (Å²) in [7, 11) is 0. The molecule has 1 saturated carbocycles. The zero-order chi connectivity index (χ0) is 12.3. The second kappa shape index (κ2) is 5.49. The first-order chi connectivity index (χ1) is 8.16. The molecule has 1 saturated heterocycles. The highest BCUT2D eigenvalue weighted by molar-refractivity contribution is 5.85. The Morgan fingerprint density at radius 1 is 1.41 bits per heavy atom. The van der Waals surface area contributed by atoms with Crippen LogP contribution in [0.2, 0.25) is 0 Å². The smallest absolute Gasteiger partial charge is 0.239 e. The highest BCUT2D eigenvalue weighted by Crippen LogP contribution is 2.24. The van der Waals surface area contributed by atoms with Gasteiger partial charge in [0.15, 0.2) is 0 Å². The number of carbonyl (C=O) groups excluding carboxylic acids is 2. The minimum Gasteiger partial charge on any atom is -0.393 e. The van der Waals surface area contributed by atoms with Gasteiger partial charge in [0, 0.05) is 25.4 Å². The van der Waals surface area contributed by atoms with Gasteiger partial charge >= 0.3 is 0 Å². The maximum absolute atomic E-state index is 11.6. The fraction of sp³-hybridized carbons (Fsp3) is 0.833. The lowest BCUT2D eigenvalue weighted by Crippen LogP contribution is -2.40. The number of aliphatic hydroxyl groups excluding tert-OH is 1. The van der Waals surface area contributed by atoms with Crippen LogP contribution in [0.25, 0.3) is 0 Å². The summed E-state index contributed by atoms with van der Waals surface area (Å²) in [6, 6.07) is 0. The Kier molecular flexibility index (Phi) is 3.99. The van der Waals surface area contributed by atoms with E-state index in [9.17, 15) is 14.7 Å². The minimum absolute atomic E-state index is 0.0704. The Hall–Kier alpha value is -1.10. The molecule has 1 aliphatic carbocycles. The first-order valence-corrected chi connectivity index (χ1v) is 6.39. The van der Waals surface area contributed by atoms with E-state index < -0.39 is 0 Å². The van der Waals surface area contributed by atoms with Crippen molar-refractivity contribution in [2.24, 2.45) is 5.92 Å². The Bertz CT molecular complexity index is 306. The van der Waals surface area contributed by atoms with Crippen LogP contribution < -0.4 is 5.32 Å². The lowest BCUT2D eigenvalue weighted by molar-refractivity contribution is -0.133. The molecule has 5 nitrogen and oxygen atoms in total. The summed E-state index contributed by atoms with van der Waals surface area (Å²) in [6.45, 7) is 1.39. The summed E-state index contributed by atoms with van der Waals surface area (Å²) < 4.78 is 0. The van der Waals surface area contributed by atoms with Crippen molar-refractivity contribution in [1.82, 2.24) is 10.2 Å². The van der Waals surface area contributed by atoms with Gasteiger partial charge in [-0.1, -0.05) is 6.42 Å². The fourth-order valence-electron chi connectivity index (χ4n) is 2.60. The van der Waals surface area contributed by atoms with Crippen molar-refractivity contribution in [2.75, 3.05) is 19.6 Å². The van der Waals surface area contributed by atoms with E-state index in [1.807, 2.05) is 0 Å². The molecule has 2 rings (SSSR count). The van der Waals surface area contributed by atoms with Gasteiger partial charge in [-0.25, -0.2) is 0 Å². The molecule has 5 heteroatoms. The molecular weight excluding hydrogens is 220 g/mol. The van der Waals surface area contributed by atoms with Crippen LogP contribution in [0, 0.1) is 5.92 Å². The van der Waals surface area contributed by atoms with Gasteiger partial charge in [0.1, 0.15) is 0 Å². The van der Waals surface area contributed by atoms with Crippen molar-refractivity contribution in [3.05, 3.63) is 0 Å². The van der Waals surface area contributed by atoms with E-state index in [-0.39, 0.29) is 30.4 Å². The van der Waals surface area contributed by atoms with Crippen molar-refractivity contribution in [3.8, 4) is 0 Å². The maximum atomic E-state index is 11.6. The van der Waals surface area contributed by atoms with Crippen LogP contribution in [0.15, 0.2) is 0 Å². The van der Waals surface area contributed by atoms with Crippen LogP contribution in [-0.2, 0) is 9.59 Å². The molecule has 0 aromatic carbocycles. The van der Waals surface area contributed by atoms with E-state index in [1.165, 1.54) is 0 Å². The predicted octanol–water partition coefficient (Wildman–Crippen LogP) is -0.114. The van der Waals surface area contributed by atoms with Crippen molar-refractivity contribution in [1.29, 1.82) is 0 Å². The molecule has 2 N–H and O–H groups in total. The first kappa shape index (κ1) is 12.4. The lowest BCUT2D eigenvalue weighted by atomic mass is 10.1. The van der Waals surface area contributed by atoms with E-state index in [0.29, 0.717) is 19.5 Å². The molecule has 1 heterocycles. The first-order valence-electron chi connectivity index (χ1n) is 6.39. The topological polar surface area (TPSA) is 69.6 Å². The third kappa shape index (κ3) is 3.19. The molecule has 0 spiro atoms. The molecule has 0 bridgehead atoms. The average molecular weight is 240 g/mol. The summed E-state index contributed by atoms with van der Waals surface area (Å²) in [4.78, 5) is 24.5. The molecule has 1 aliphatic heterocycles. The Morgan fingerprint density at radius 3 is 2.82 bits per heavy atom. The van der Waals surface area contributed by atoms with Gasteiger partial charge in [-0.2, -0.15) is 0 Å². The number of hydrogen-bond acceptors (Lipinski definition) is 3. The number of likely N-dealkylation sites (tertiary alicyclic amines) is 1. The normalized spacial score (nSPS) is 28.8. The zero-order valence-corrected chi connectivity index (χ0v) is 10.0. The molecule has 2 fully saturated rings. The molecule has 2 unspecified atom stereocenters. The fourth-order valence-corrected chi connectivity index (χ4v) is 2.60. The number of carbonyl (C=O) groups is 2. The SMILES string of the molecule is O=C(CN1CCCC1=O)NCC1CCCC1O. The number of rotatable bonds is 4. The Balaban J connectivity index is 1.68. The van der Waals surface area contributed by atoms with E-state index in [4.69, 9.17) is 0 Å². The summed E-state index contributed by atoms with van der Waals surface area (Å²) in [5.41, 5.74) is 0. The van der Waals surface area contributed by atoms with Gasteiger partial charge in [-0.15, -0.1) is 0 Å². The van der Waals surface area contributed by atoms with Gasteiger partial charge in [0.2, 0.25) is 11.8 Å². The minimum atomic E-state index is -0.274. The highest BCUT2D eigenvalue weighted by atomic mass is 16.3. The average Bonchev–Trinajstić information content (AvgIpc) is 2.86. The van der Waals surface area contributed by atoms with Gasteiger partial charge in [0.25, 0.3) is 0 Å². The van der Waals surface area contributed by atoms with Crippen molar-refractivity contribution < 1.29 is 14.7 Å². The number of aliphatic hydroxyl groups is 1. The number of nitrogens with one attached hydrogen (secondary N) is 1. The summed E-state index contributed by atoms with van der Waals surface area (Å²) in [5.74, 6) is 0.147. The van der Waals surface area contributed by atoms with Gasteiger partial charge in [0.05, 0.1) is 12.6 Å². The van der Waals surface area contributed by atoms with Crippen LogP contribution >= 0.6 is 0 Å². The van der Waals surface area contributed by atoms with Crippen LogP contribution in [0.4, 0.5) is 0 Å². The largest absolute Gasteiger partial charge is 0.393 e. The number of nitrogens with zero attached hydrogens (tertiary/aromatic N) is 1. The zero-order valence-electron chi connectivity index (χ0n) is 10.0. The standard InChI is InChI=1S/C12H20N2O3/c15-10-4-1-3-9(10)7-13-11(16)8-14-6-2-5-12(14)17/h9-10,15H,1-8H2,(H,13,16). The molecule has 2 amide bonds. The Morgan fingerprint density at radius 2 is 2.24 bits per heavy atom. The summed E-state index contributed by atoms with van der Waals surface area (Å²) in [6.07, 6.45) is 3.99. The van der Waals surface area contributed by atoms with E-state index in [2.05, 4.69) is 5.32 Å². The molecule has 96 valence electrons. The van der Waals surface area contributed by atoms with E-state index >= 15 is 0 Å². The van der Waals surface area contributed by atoms with Crippen LogP contribution in [0.5, 0.6) is 0 Å². The van der Waals surface area contributed by atoms with Crippen molar-refractivity contribution >= 4 is 11.8 Å². The van der Waals surface area contributed by atoms with Crippen LogP contribution in [-0.4, -0.2) is 47.6 Å². The van der Waals surface area contributed by atoms with E-state index in [1.54, 1.807) is 4.90 Å². The number of amides is 2. The molecule has 17 heavy (non-hydrogen) atoms. The molecular formula is C12H20N2O3. The van der Waals surface area contributed by atoms with Crippen molar-refractivity contribution in [3.63, 3.8) is 0 Å². The van der Waals surface area contributed by atoms with Crippen LogP contribution in [0.3, 0.4) is 0 Å². The monoisotopic (exact) mass is 240 g/mol. The number of hydrogen-bond donors (Lipinski definition) is 2. The highest BCUT2D eigenvalue weighted by Gasteiger charge is 2.26. The van der Waals surface area contributed by atoms with Gasteiger partial charge < -0.3 is 15.3 Å². The van der Waals surface area contributed by atoms with Gasteiger partial charge in [-0.3, -0.25) is 9.59 Å².